The van der Waals surface area contributed by atoms with Gasteiger partial charge in [0.1, 0.15) is 5.82 Å². The van der Waals surface area contributed by atoms with Gasteiger partial charge in [-0.15, -0.1) is 0 Å². The second-order valence-corrected chi connectivity index (χ2v) is 3.97. The van der Waals surface area contributed by atoms with Crippen molar-refractivity contribution in [3.05, 3.63) is 40.8 Å². The van der Waals surface area contributed by atoms with Gasteiger partial charge in [-0.05, 0) is 34.1 Å². The normalized spacial score (nSPS) is 10.2. The molecule has 16 heavy (non-hydrogen) atoms. The van der Waals surface area contributed by atoms with Gasteiger partial charge in [0, 0.05) is 18.8 Å². The van der Waals surface area contributed by atoms with Crippen LogP contribution in [0.25, 0.3) is 11.3 Å². The van der Waals surface area contributed by atoms with Crippen molar-refractivity contribution in [2.24, 2.45) is 0 Å². The van der Waals surface area contributed by atoms with Gasteiger partial charge in [0.15, 0.2) is 0 Å². The van der Waals surface area contributed by atoms with Gasteiger partial charge in [0.05, 0.1) is 10.2 Å². The molecule has 0 amide bonds. The SMILES string of the molecule is CNc1nccc(-c2cccc(Br)c2F)n1. The van der Waals surface area contributed by atoms with E-state index in [1.54, 1.807) is 37.5 Å². The molecular weight excluding hydrogens is 273 g/mol. The molecular formula is C11H9BrFN3. The third kappa shape index (κ3) is 2.04. The molecule has 2 rings (SSSR count). The third-order valence-electron chi connectivity index (χ3n) is 2.11. The summed E-state index contributed by atoms with van der Waals surface area (Å²) in [7, 11) is 1.72. The standard InChI is InChI=1S/C11H9BrFN3/c1-14-11-15-6-5-9(16-11)7-3-2-4-8(12)10(7)13/h2-6H,1H3,(H,14,15,16). The predicted octanol–water partition coefficient (Wildman–Crippen LogP) is 3.09. The molecule has 0 saturated carbocycles. The highest BCUT2D eigenvalue weighted by Crippen LogP contribution is 2.26. The monoisotopic (exact) mass is 281 g/mol. The number of aromatic nitrogens is 2. The number of nitrogens with zero attached hydrogens (tertiary/aromatic N) is 2. The van der Waals surface area contributed by atoms with Crippen molar-refractivity contribution in [2.45, 2.75) is 0 Å². The number of halogens is 2. The van der Waals surface area contributed by atoms with Crippen LogP contribution in [-0.4, -0.2) is 17.0 Å². The molecule has 0 aliphatic heterocycles. The summed E-state index contributed by atoms with van der Waals surface area (Å²) < 4.78 is 14.2. The molecule has 0 bridgehead atoms. The highest BCUT2D eigenvalue weighted by Gasteiger charge is 2.09. The minimum atomic E-state index is -0.316. The first-order valence-electron chi connectivity index (χ1n) is 4.67. The van der Waals surface area contributed by atoms with Gasteiger partial charge in [-0.3, -0.25) is 0 Å². The minimum absolute atomic E-state index is 0.316. The molecule has 0 saturated heterocycles. The lowest BCUT2D eigenvalue weighted by molar-refractivity contribution is 0.624. The van der Waals surface area contributed by atoms with Crippen LogP contribution in [0.4, 0.5) is 10.3 Å². The van der Waals surface area contributed by atoms with E-state index in [0.29, 0.717) is 21.7 Å². The fourth-order valence-electron chi connectivity index (χ4n) is 1.33. The number of nitrogens with one attached hydrogen (secondary N) is 1. The van der Waals surface area contributed by atoms with Crippen molar-refractivity contribution in [1.29, 1.82) is 0 Å². The van der Waals surface area contributed by atoms with Crippen molar-refractivity contribution >= 4 is 21.9 Å². The van der Waals surface area contributed by atoms with Crippen LogP contribution in [0.3, 0.4) is 0 Å². The molecule has 1 aromatic heterocycles. The van der Waals surface area contributed by atoms with E-state index < -0.39 is 0 Å². The molecule has 0 atom stereocenters. The van der Waals surface area contributed by atoms with Crippen molar-refractivity contribution in [1.82, 2.24) is 9.97 Å². The molecule has 0 unspecified atom stereocenters. The van der Waals surface area contributed by atoms with E-state index in [4.69, 9.17) is 0 Å². The quantitative estimate of drug-likeness (QED) is 0.919. The lowest BCUT2D eigenvalue weighted by Crippen LogP contribution is -1.97. The zero-order valence-electron chi connectivity index (χ0n) is 8.54. The molecule has 0 spiro atoms. The summed E-state index contributed by atoms with van der Waals surface area (Å²) in [5.41, 5.74) is 1.01. The highest BCUT2D eigenvalue weighted by molar-refractivity contribution is 9.10. The van der Waals surface area contributed by atoms with E-state index in [9.17, 15) is 4.39 Å². The summed E-state index contributed by atoms with van der Waals surface area (Å²) in [6.45, 7) is 0. The number of anilines is 1. The third-order valence-corrected chi connectivity index (χ3v) is 2.72. The van der Waals surface area contributed by atoms with Gasteiger partial charge in [-0.2, -0.15) is 0 Å². The molecule has 1 N–H and O–H groups in total. The molecule has 82 valence electrons. The summed E-state index contributed by atoms with van der Waals surface area (Å²) >= 11 is 3.14. The van der Waals surface area contributed by atoms with Crippen LogP contribution in [0.15, 0.2) is 34.9 Å². The number of hydrogen-bond donors (Lipinski definition) is 1. The Morgan fingerprint density at radius 3 is 2.88 bits per heavy atom. The fraction of sp³-hybridized carbons (Fsp3) is 0.0909. The Kier molecular flexibility index (Phi) is 3.14. The van der Waals surface area contributed by atoms with Crippen LogP contribution in [0.5, 0.6) is 0 Å². The summed E-state index contributed by atoms with van der Waals surface area (Å²) in [6, 6.07) is 6.77. The minimum Gasteiger partial charge on any atom is -0.357 e. The maximum absolute atomic E-state index is 13.8. The summed E-state index contributed by atoms with van der Waals surface area (Å²) in [5, 5.41) is 2.81. The Labute approximate surface area is 101 Å². The summed E-state index contributed by atoms with van der Waals surface area (Å²) in [5.74, 6) is 0.153. The Hall–Kier alpha value is -1.49. The first kappa shape index (κ1) is 11.0. The molecule has 0 fully saturated rings. The number of hydrogen-bond acceptors (Lipinski definition) is 3. The van der Waals surface area contributed by atoms with Crippen LogP contribution in [0.1, 0.15) is 0 Å². The molecule has 3 nitrogen and oxygen atoms in total. The molecule has 0 radical (unpaired) electrons. The molecule has 1 heterocycles. The smallest absolute Gasteiger partial charge is 0.222 e. The highest BCUT2D eigenvalue weighted by atomic mass is 79.9. The molecule has 1 aromatic carbocycles. The average molecular weight is 282 g/mol. The van der Waals surface area contributed by atoms with Crippen molar-refractivity contribution in [3.8, 4) is 11.3 Å². The maximum atomic E-state index is 13.8. The number of rotatable bonds is 2. The average Bonchev–Trinajstić information content (AvgIpc) is 2.33. The van der Waals surface area contributed by atoms with Gasteiger partial charge in [0.25, 0.3) is 0 Å². The first-order chi connectivity index (χ1) is 7.72. The molecule has 0 aliphatic carbocycles. The van der Waals surface area contributed by atoms with E-state index in [1.807, 2.05) is 0 Å². The summed E-state index contributed by atoms with van der Waals surface area (Å²) in [6.07, 6.45) is 1.59. The summed E-state index contributed by atoms with van der Waals surface area (Å²) in [4.78, 5) is 8.16. The van der Waals surface area contributed by atoms with Crippen molar-refractivity contribution in [3.63, 3.8) is 0 Å². The van der Waals surface area contributed by atoms with E-state index in [2.05, 4.69) is 31.2 Å². The first-order valence-corrected chi connectivity index (χ1v) is 5.47. The van der Waals surface area contributed by atoms with Gasteiger partial charge in [-0.25, -0.2) is 14.4 Å². The lowest BCUT2D eigenvalue weighted by Gasteiger charge is -2.05. The topological polar surface area (TPSA) is 37.8 Å². The van der Waals surface area contributed by atoms with Gasteiger partial charge < -0.3 is 5.32 Å². The lowest BCUT2D eigenvalue weighted by atomic mass is 10.1. The fourth-order valence-corrected chi connectivity index (χ4v) is 1.70. The zero-order valence-corrected chi connectivity index (χ0v) is 10.1. The number of benzene rings is 1. The van der Waals surface area contributed by atoms with Crippen LogP contribution in [0.2, 0.25) is 0 Å². The van der Waals surface area contributed by atoms with E-state index >= 15 is 0 Å². The maximum Gasteiger partial charge on any atom is 0.222 e. The van der Waals surface area contributed by atoms with Crippen LogP contribution >= 0.6 is 15.9 Å². The second kappa shape index (κ2) is 4.57. The second-order valence-electron chi connectivity index (χ2n) is 3.12. The van der Waals surface area contributed by atoms with Crippen LogP contribution < -0.4 is 5.32 Å². The van der Waals surface area contributed by atoms with E-state index in [0.717, 1.165) is 0 Å². The largest absolute Gasteiger partial charge is 0.357 e. The van der Waals surface area contributed by atoms with Crippen LogP contribution in [-0.2, 0) is 0 Å². The Morgan fingerprint density at radius 2 is 2.12 bits per heavy atom. The van der Waals surface area contributed by atoms with Crippen molar-refractivity contribution in [2.75, 3.05) is 12.4 Å². The Bertz CT molecular complexity index is 516. The van der Waals surface area contributed by atoms with Gasteiger partial charge in [-0.1, -0.05) is 6.07 Å². The van der Waals surface area contributed by atoms with Crippen molar-refractivity contribution < 1.29 is 4.39 Å². The van der Waals surface area contributed by atoms with Gasteiger partial charge >= 0.3 is 0 Å². The van der Waals surface area contributed by atoms with E-state index in [1.165, 1.54) is 0 Å². The predicted molar refractivity (Wildman–Crippen MR) is 64.7 cm³/mol. The van der Waals surface area contributed by atoms with Gasteiger partial charge in [0.2, 0.25) is 5.95 Å². The van der Waals surface area contributed by atoms with E-state index in [-0.39, 0.29) is 5.82 Å². The Morgan fingerprint density at radius 1 is 1.31 bits per heavy atom. The Balaban J connectivity index is 2.54. The van der Waals surface area contributed by atoms with Crippen LogP contribution in [0, 0.1) is 5.82 Å². The molecule has 0 aliphatic rings. The zero-order chi connectivity index (χ0) is 11.5. The molecule has 2 aromatic rings. The molecule has 5 heteroatoms.